The summed E-state index contributed by atoms with van der Waals surface area (Å²) in [6.45, 7) is 13.7. The van der Waals surface area contributed by atoms with Crippen molar-refractivity contribution in [1.82, 2.24) is 14.1 Å². The zero-order chi connectivity index (χ0) is 47.1. The van der Waals surface area contributed by atoms with Crippen molar-refractivity contribution in [1.29, 1.82) is 0 Å². The summed E-state index contributed by atoms with van der Waals surface area (Å²) in [4.78, 5) is 12.7. The molecule has 0 N–H and O–H groups in total. The first-order chi connectivity index (χ1) is 32.8. The van der Waals surface area contributed by atoms with E-state index in [2.05, 4.69) is 21.9 Å². The zero-order valence-corrected chi connectivity index (χ0v) is 37.3. The number of anilines is 4. The fraction of sp³-hybridized carbons (Fsp3) is 0.0893. The van der Waals surface area contributed by atoms with Gasteiger partial charge in [-0.05, 0) is 69.9 Å². The van der Waals surface area contributed by atoms with Gasteiger partial charge in [-0.25, -0.2) is 4.98 Å². The van der Waals surface area contributed by atoms with Crippen LogP contribution in [0.25, 0.3) is 65.9 Å². The van der Waals surface area contributed by atoms with Crippen LogP contribution in [0.1, 0.15) is 33.2 Å². The van der Waals surface area contributed by atoms with Crippen molar-refractivity contribution in [3.63, 3.8) is 0 Å². The zero-order valence-electron chi connectivity index (χ0n) is 40.0. The largest absolute Gasteiger partial charge is 0.510 e. The van der Waals surface area contributed by atoms with E-state index in [1.807, 2.05) is 158 Å². The Morgan fingerprint density at radius 2 is 1.31 bits per heavy atom. The third-order valence-corrected chi connectivity index (χ3v) is 11.4. The maximum atomic E-state index is 9.87. The number of nitrogens with zero attached hydrogens (tertiary/aromatic N) is 6. The minimum absolute atomic E-state index is 0. The van der Waals surface area contributed by atoms with E-state index in [0.29, 0.717) is 56.1 Å². The normalized spacial score (nSPS) is 13.8. The van der Waals surface area contributed by atoms with Crippen molar-refractivity contribution in [2.75, 3.05) is 9.80 Å². The summed E-state index contributed by atoms with van der Waals surface area (Å²) >= 11 is 0. The van der Waals surface area contributed by atoms with Crippen molar-refractivity contribution in [3.8, 4) is 39.7 Å². The van der Waals surface area contributed by atoms with E-state index in [-0.39, 0.29) is 44.8 Å². The van der Waals surface area contributed by atoms with Crippen molar-refractivity contribution in [2.45, 2.75) is 26.2 Å². The predicted octanol–water partition coefficient (Wildman–Crippen LogP) is 14.7. The fourth-order valence-corrected chi connectivity index (χ4v) is 8.44. The monoisotopic (exact) mass is 1010 g/mol. The van der Waals surface area contributed by atoms with Crippen LogP contribution in [-0.2, 0) is 33.5 Å². The molecule has 0 saturated heterocycles. The second kappa shape index (κ2) is 16.1. The van der Waals surface area contributed by atoms with Gasteiger partial charge in [-0.2, -0.15) is 6.07 Å². The molecule has 0 amide bonds. The molecule has 0 saturated carbocycles. The molecule has 0 unspecified atom stereocenters. The van der Waals surface area contributed by atoms with E-state index >= 15 is 0 Å². The molecular weight excluding hydrogens is 968 g/mol. The minimum Gasteiger partial charge on any atom is -0.510 e. The molecule has 1 aliphatic rings. The topological polar surface area (TPSA) is 42.8 Å². The Kier molecular flexibility index (Phi) is 8.81. The molecule has 0 fully saturated rings. The molecule has 11 rings (SSSR count). The summed E-state index contributed by atoms with van der Waals surface area (Å²) in [6, 6.07) is 57.3. The van der Waals surface area contributed by atoms with Gasteiger partial charge in [-0.15, -0.1) is 48.1 Å². The summed E-state index contributed by atoms with van der Waals surface area (Å²) in [5.41, 5.74) is 8.67. The number of aromatic nitrogens is 3. The first kappa shape index (κ1) is 35.1. The number of aryl methyl sites for hydroxylation is 1. The van der Waals surface area contributed by atoms with E-state index in [0.717, 1.165) is 38.8 Å². The smallest absolute Gasteiger partial charge is 0.213 e. The summed E-state index contributed by atoms with van der Waals surface area (Å²) in [5.74, 6) is 0.799. The van der Waals surface area contributed by atoms with Gasteiger partial charge >= 0.3 is 0 Å². The Labute approximate surface area is 394 Å². The molecular formula is C56H41N6OPt-3. The molecule has 1 aliphatic heterocycles. The van der Waals surface area contributed by atoms with Gasteiger partial charge in [0.25, 0.3) is 0 Å². The maximum Gasteiger partial charge on any atom is 0.213 e. The molecule has 314 valence electrons. The Bertz CT molecular complexity index is 3600. The molecule has 3 heterocycles. The van der Waals surface area contributed by atoms with E-state index < -0.39 is 12.4 Å². The summed E-state index contributed by atoms with van der Waals surface area (Å²) in [6.07, 6.45) is 0. The molecule has 0 atom stereocenters. The van der Waals surface area contributed by atoms with Crippen LogP contribution in [0, 0.1) is 25.4 Å². The number of ether oxygens (including phenoxy) is 1. The van der Waals surface area contributed by atoms with Gasteiger partial charge in [0.05, 0.1) is 26.0 Å². The molecule has 2 aromatic heterocycles. The number of fused-ring (bicyclic) bond motifs is 5. The van der Waals surface area contributed by atoms with E-state index in [1.54, 1.807) is 36.4 Å². The quantitative estimate of drug-likeness (QED) is 0.149. The fourth-order valence-electron chi connectivity index (χ4n) is 8.44. The molecule has 8 aromatic carbocycles. The van der Waals surface area contributed by atoms with Crippen LogP contribution < -0.4 is 14.5 Å². The number of benzene rings is 8. The van der Waals surface area contributed by atoms with Crippen molar-refractivity contribution < 1.29 is 32.7 Å². The predicted molar refractivity (Wildman–Crippen MR) is 257 cm³/mol. The number of rotatable bonds is 7. The first-order valence-electron chi connectivity index (χ1n) is 23.2. The summed E-state index contributed by atoms with van der Waals surface area (Å²) in [7, 11) is 0. The molecule has 0 spiro atoms. The van der Waals surface area contributed by atoms with Gasteiger partial charge in [-0.1, -0.05) is 129 Å². The standard InChI is InChI=1S/C56H41N6O.Pt/c1-56(2,3)39-30-46(37-18-8-6-9-19-37)54(47(31-39)38-20-10-7-11-21-38)61-36-60(51-26-16-17-27-52(51)61)41-32-40(57-4)33-43(34-41)63-42-28-29-45-44-22-12-14-24-49(44)62(53(45)35-42)55-58-48-23-13-15-25-50(48)59(55)5;/h6-33,36H,1-3,5H3;/q-3;/i5D3,30D,31D;. The molecule has 0 radical (unpaired) electrons. The van der Waals surface area contributed by atoms with E-state index in [1.165, 1.54) is 4.57 Å². The number of para-hydroxylation sites is 5. The van der Waals surface area contributed by atoms with Gasteiger partial charge in [0.1, 0.15) is 0 Å². The first-order valence-corrected chi connectivity index (χ1v) is 20.7. The Hall–Kier alpha value is -7.39. The van der Waals surface area contributed by atoms with Crippen LogP contribution in [0.5, 0.6) is 11.5 Å². The van der Waals surface area contributed by atoms with Crippen LogP contribution in [0.4, 0.5) is 28.4 Å². The third kappa shape index (κ3) is 6.92. The van der Waals surface area contributed by atoms with Gasteiger partial charge in [0.15, 0.2) is 0 Å². The van der Waals surface area contributed by atoms with E-state index in [9.17, 15) is 2.74 Å². The average molecular weight is 1010 g/mol. The maximum absolute atomic E-state index is 9.87. The van der Waals surface area contributed by atoms with Crippen LogP contribution >= 0.6 is 0 Å². The SMILES string of the molecule is [2H]c1c(-c2ccccc2)c(N2[CH-]N(c3[c-]c(Oc4[c-]c5c(cc4)c4ccccc4n5-c4nc5ccccc5n4C([2H])([2H])[2H])cc([N+]#[C-])c3)c3ccccc32)c(-c2ccccc2)c([2H])c1C(C)(C)C.[Pt]. The van der Waals surface area contributed by atoms with Gasteiger partial charge < -0.3 is 23.7 Å². The van der Waals surface area contributed by atoms with Crippen LogP contribution in [0.2, 0.25) is 0 Å². The summed E-state index contributed by atoms with van der Waals surface area (Å²) < 4.78 is 55.1. The van der Waals surface area contributed by atoms with Gasteiger partial charge in [0.2, 0.25) is 5.95 Å². The molecule has 0 bridgehead atoms. The average Bonchev–Trinajstić information content (AvgIpc) is 4.01. The van der Waals surface area contributed by atoms with E-state index in [4.69, 9.17) is 20.4 Å². The van der Waals surface area contributed by atoms with Crippen LogP contribution in [0.15, 0.2) is 170 Å². The number of hydrogen-bond donors (Lipinski definition) is 0. The van der Waals surface area contributed by atoms with Gasteiger partial charge in [0, 0.05) is 77.4 Å². The van der Waals surface area contributed by atoms with Crippen LogP contribution in [-0.4, -0.2) is 14.1 Å². The Morgan fingerprint density at radius 3 is 1.98 bits per heavy atom. The molecule has 10 aromatic rings. The Balaban J connectivity index is 0.00000553. The van der Waals surface area contributed by atoms with Crippen LogP contribution in [0.3, 0.4) is 0 Å². The van der Waals surface area contributed by atoms with Crippen molar-refractivity contribution in [3.05, 3.63) is 206 Å². The molecule has 8 heteroatoms. The second-order valence-electron chi connectivity index (χ2n) is 16.5. The molecule has 7 nitrogen and oxygen atoms in total. The Morgan fingerprint density at radius 1 is 0.688 bits per heavy atom. The molecule has 0 aliphatic carbocycles. The third-order valence-electron chi connectivity index (χ3n) is 11.4. The van der Waals surface area contributed by atoms with Gasteiger partial charge in [-0.3, -0.25) is 4.85 Å². The summed E-state index contributed by atoms with van der Waals surface area (Å²) in [5, 5.41) is 1.71. The number of imidazole rings is 1. The second-order valence-corrected chi connectivity index (χ2v) is 16.5. The van der Waals surface area contributed by atoms with Crippen molar-refractivity contribution in [2.24, 2.45) is 6.98 Å². The van der Waals surface area contributed by atoms with Crippen molar-refractivity contribution >= 4 is 61.3 Å². The number of hydrogen-bond acceptors (Lipinski definition) is 4. The molecule has 64 heavy (non-hydrogen) atoms. The minimum atomic E-state index is -2.54.